The van der Waals surface area contributed by atoms with Gasteiger partial charge in [0, 0.05) is 24.7 Å². The second kappa shape index (κ2) is 3.51. The molecule has 1 aromatic heterocycles. The van der Waals surface area contributed by atoms with E-state index in [0.29, 0.717) is 6.54 Å². The highest BCUT2D eigenvalue weighted by Crippen LogP contribution is 2.27. The van der Waals surface area contributed by atoms with E-state index in [1.807, 2.05) is 13.8 Å². The Bertz CT molecular complexity index is 257. The first-order valence-corrected chi connectivity index (χ1v) is 4.62. The molecule has 0 saturated carbocycles. The van der Waals surface area contributed by atoms with Gasteiger partial charge in [0.25, 0.3) is 0 Å². The Morgan fingerprint density at radius 1 is 1.67 bits per heavy atom. The fraction of sp³-hybridized carbons (Fsp3) is 0.625. The van der Waals surface area contributed by atoms with E-state index in [4.69, 9.17) is 10.5 Å². The Hall–Kier alpha value is -0.450. The average molecular weight is 186 g/mol. The van der Waals surface area contributed by atoms with E-state index >= 15 is 0 Å². The predicted molar refractivity (Wildman–Crippen MR) is 50.0 cm³/mol. The van der Waals surface area contributed by atoms with Gasteiger partial charge in [0.15, 0.2) is 0 Å². The zero-order valence-electron chi connectivity index (χ0n) is 7.63. The molecule has 0 aliphatic heterocycles. The van der Waals surface area contributed by atoms with Gasteiger partial charge in [-0.15, -0.1) is 11.3 Å². The van der Waals surface area contributed by atoms with E-state index in [-0.39, 0.29) is 5.60 Å². The molecule has 68 valence electrons. The molecule has 3 nitrogen and oxygen atoms in total. The van der Waals surface area contributed by atoms with Crippen LogP contribution in [-0.2, 0) is 16.9 Å². The van der Waals surface area contributed by atoms with E-state index in [9.17, 15) is 0 Å². The minimum atomic E-state index is -0.294. The van der Waals surface area contributed by atoms with Crippen molar-refractivity contribution in [2.45, 2.75) is 26.0 Å². The molecule has 1 aromatic rings. The number of thiazole rings is 1. The van der Waals surface area contributed by atoms with Crippen molar-refractivity contribution in [1.82, 2.24) is 4.98 Å². The molecule has 0 amide bonds. The van der Waals surface area contributed by atoms with Crippen molar-refractivity contribution in [1.29, 1.82) is 0 Å². The predicted octanol–water partition coefficient (Wildman–Crippen LogP) is 1.48. The SMILES string of the molecule is COC(C)(C)c1ncc(CN)s1. The summed E-state index contributed by atoms with van der Waals surface area (Å²) in [5, 5.41) is 0.977. The molecule has 0 aliphatic carbocycles. The van der Waals surface area contributed by atoms with Crippen LogP contribution in [-0.4, -0.2) is 12.1 Å². The minimum Gasteiger partial charge on any atom is -0.372 e. The van der Waals surface area contributed by atoms with Crippen molar-refractivity contribution in [2.24, 2.45) is 5.73 Å². The van der Waals surface area contributed by atoms with Crippen LogP contribution in [0.3, 0.4) is 0 Å². The van der Waals surface area contributed by atoms with Crippen molar-refractivity contribution in [2.75, 3.05) is 7.11 Å². The maximum Gasteiger partial charge on any atom is 0.124 e. The molecular weight excluding hydrogens is 172 g/mol. The van der Waals surface area contributed by atoms with Gasteiger partial charge in [0.05, 0.1) is 0 Å². The number of nitrogens with two attached hydrogens (primary N) is 1. The van der Waals surface area contributed by atoms with Gasteiger partial charge in [-0.1, -0.05) is 0 Å². The summed E-state index contributed by atoms with van der Waals surface area (Å²) in [6.07, 6.45) is 1.81. The summed E-state index contributed by atoms with van der Waals surface area (Å²) in [6.45, 7) is 4.54. The molecule has 0 aromatic carbocycles. The second-order valence-corrected chi connectivity index (χ2v) is 4.17. The standard InChI is InChI=1S/C8H14N2OS/c1-8(2,11-3)7-10-5-6(4-9)12-7/h5H,4,9H2,1-3H3. The van der Waals surface area contributed by atoms with Crippen LogP contribution in [0.5, 0.6) is 0 Å². The van der Waals surface area contributed by atoms with Gasteiger partial charge in [0.2, 0.25) is 0 Å². The van der Waals surface area contributed by atoms with E-state index in [2.05, 4.69) is 4.98 Å². The molecule has 1 heterocycles. The van der Waals surface area contributed by atoms with Crippen LogP contribution < -0.4 is 5.73 Å². The Balaban J connectivity index is 2.88. The van der Waals surface area contributed by atoms with Crippen LogP contribution in [0.25, 0.3) is 0 Å². The molecule has 0 radical (unpaired) electrons. The van der Waals surface area contributed by atoms with Crippen molar-refractivity contribution in [3.05, 3.63) is 16.1 Å². The van der Waals surface area contributed by atoms with E-state index in [1.54, 1.807) is 24.6 Å². The van der Waals surface area contributed by atoms with Gasteiger partial charge >= 0.3 is 0 Å². The summed E-state index contributed by atoms with van der Waals surface area (Å²) in [6, 6.07) is 0. The van der Waals surface area contributed by atoms with E-state index in [1.165, 1.54) is 0 Å². The highest BCUT2D eigenvalue weighted by atomic mass is 32.1. The number of ether oxygens (including phenoxy) is 1. The van der Waals surface area contributed by atoms with Gasteiger partial charge in [-0.25, -0.2) is 4.98 Å². The third-order valence-corrected chi connectivity index (χ3v) is 3.10. The Morgan fingerprint density at radius 2 is 2.33 bits per heavy atom. The number of hydrogen-bond donors (Lipinski definition) is 1. The molecule has 0 fully saturated rings. The highest BCUT2D eigenvalue weighted by molar-refractivity contribution is 7.11. The molecular formula is C8H14N2OS. The molecule has 0 unspecified atom stereocenters. The lowest BCUT2D eigenvalue weighted by atomic mass is 10.1. The molecule has 4 heteroatoms. The third-order valence-electron chi connectivity index (χ3n) is 1.78. The molecule has 0 saturated heterocycles. The smallest absolute Gasteiger partial charge is 0.124 e. The van der Waals surface area contributed by atoms with Crippen LogP contribution in [0.1, 0.15) is 23.7 Å². The van der Waals surface area contributed by atoms with Crippen LogP contribution in [0, 0.1) is 0 Å². The van der Waals surface area contributed by atoms with E-state index < -0.39 is 0 Å². The average Bonchev–Trinajstić information content (AvgIpc) is 2.52. The maximum atomic E-state index is 5.48. The lowest BCUT2D eigenvalue weighted by Crippen LogP contribution is -2.18. The topological polar surface area (TPSA) is 48.1 Å². The zero-order chi connectivity index (χ0) is 9.19. The van der Waals surface area contributed by atoms with Crippen LogP contribution in [0.15, 0.2) is 6.20 Å². The zero-order valence-corrected chi connectivity index (χ0v) is 8.44. The van der Waals surface area contributed by atoms with Crippen molar-refractivity contribution < 1.29 is 4.74 Å². The molecule has 12 heavy (non-hydrogen) atoms. The summed E-state index contributed by atoms with van der Waals surface area (Å²) in [7, 11) is 1.68. The Labute approximate surface area is 76.6 Å². The lowest BCUT2D eigenvalue weighted by molar-refractivity contribution is 0.0190. The number of aromatic nitrogens is 1. The number of hydrogen-bond acceptors (Lipinski definition) is 4. The summed E-state index contributed by atoms with van der Waals surface area (Å²) in [4.78, 5) is 5.34. The maximum absolute atomic E-state index is 5.48. The largest absolute Gasteiger partial charge is 0.372 e. The molecule has 0 aliphatic rings. The first-order valence-electron chi connectivity index (χ1n) is 3.80. The number of rotatable bonds is 3. The normalized spacial score (nSPS) is 12.0. The van der Waals surface area contributed by atoms with Crippen LogP contribution >= 0.6 is 11.3 Å². The lowest BCUT2D eigenvalue weighted by Gasteiger charge is -2.19. The first-order chi connectivity index (χ1) is 5.60. The van der Waals surface area contributed by atoms with Gasteiger partial charge in [0.1, 0.15) is 10.6 Å². The quantitative estimate of drug-likeness (QED) is 0.778. The molecule has 2 N–H and O–H groups in total. The van der Waals surface area contributed by atoms with Crippen molar-refractivity contribution in [3.63, 3.8) is 0 Å². The highest BCUT2D eigenvalue weighted by Gasteiger charge is 2.22. The van der Waals surface area contributed by atoms with Crippen LogP contribution in [0.4, 0.5) is 0 Å². The summed E-state index contributed by atoms with van der Waals surface area (Å²) < 4.78 is 5.29. The van der Waals surface area contributed by atoms with Gasteiger partial charge in [-0.2, -0.15) is 0 Å². The van der Waals surface area contributed by atoms with Gasteiger partial charge in [-0.05, 0) is 13.8 Å². The molecule has 0 bridgehead atoms. The number of nitrogens with zero attached hydrogens (tertiary/aromatic N) is 1. The van der Waals surface area contributed by atoms with Gasteiger partial charge in [-0.3, -0.25) is 0 Å². The van der Waals surface area contributed by atoms with Crippen LogP contribution in [0.2, 0.25) is 0 Å². The first kappa shape index (κ1) is 9.64. The Kier molecular flexibility index (Phi) is 2.82. The molecule has 0 atom stereocenters. The Morgan fingerprint density at radius 3 is 2.75 bits per heavy atom. The summed E-state index contributed by atoms with van der Waals surface area (Å²) in [5.41, 5.74) is 5.18. The fourth-order valence-corrected chi connectivity index (χ4v) is 1.64. The van der Waals surface area contributed by atoms with Crippen molar-refractivity contribution >= 4 is 11.3 Å². The van der Waals surface area contributed by atoms with Gasteiger partial charge < -0.3 is 10.5 Å². The van der Waals surface area contributed by atoms with E-state index in [0.717, 1.165) is 9.88 Å². The number of methoxy groups -OCH3 is 1. The second-order valence-electron chi connectivity index (χ2n) is 3.05. The molecule has 0 spiro atoms. The fourth-order valence-electron chi connectivity index (χ4n) is 0.768. The van der Waals surface area contributed by atoms with Crippen molar-refractivity contribution in [3.8, 4) is 0 Å². The monoisotopic (exact) mass is 186 g/mol. The summed E-state index contributed by atoms with van der Waals surface area (Å²) in [5.74, 6) is 0. The molecule has 1 rings (SSSR count). The summed E-state index contributed by atoms with van der Waals surface area (Å²) >= 11 is 1.60. The minimum absolute atomic E-state index is 0.294. The third kappa shape index (κ3) is 1.83.